The Morgan fingerprint density at radius 3 is 1.07 bits per heavy atom. The maximum absolute atomic E-state index is 5.03. The Morgan fingerprint density at radius 2 is 0.611 bits per heavy atom. The van der Waals surface area contributed by atoms with E-state index in [1.165, 1.54) is 0 Å². The van der Waals surface area contributed by atoms with E-state index in [0.717, 1.165) is 73.0 Å². The van der Waals surface area contributed by atoms with E-state index in [0.29, 0.717) is 17.5 Å². The van der Waals surface area contributed by atoms with Crippen LogP contribution >= 0.6 is 0 Å². The number of pyridine rings is 4. The van der Waals surface area contributed by atoms with Gasteiger partial charge in [0.25, 0.3) is 0 Å². The Morgan fingerprint density at radius 1 is 0.222 bits per heavy atom. The van der Waals surface area contributed by atoms with Crippen LogP contribution in [0.3, 0.4) is 0 Å². The zero-order chi connectivity index (χ0) is 36.1. The highest BCUT2D eigenvalue weighted by Crippen LogP contribution is 2.35. The molecule has 0 unspecified atom stereocenters. The minimum atomic E-state index is 0.583. The summed E-state index contributed by atoms with van der Waals surface area (Å²) in [5.74, 6) is 1.81. The van der Waals surface area contributed by atoms with Crippen LogP contribution in [0.15, 0.2) is 188 Å². The fraction of sp³-hybridized carbons (Fsp3) is 0. The number of hydrogen-bond donors (Lipinski definition) is 0. The minimum Gasteiger partial charge on any atom is -0.256 e. The molecular formula is C47H31N7. The van der Waals surface area contributed by atoms with Crippen molar-refractivity contribution in [1.82, 2.24) is 34.9 Å². The molecule has 0 amide bonds. The van der Waals surface area contributed by atoms with Gasteiger partial charge in [0.05, 0.1) is 28.5 Å². The molecule has 9 aromatic rings. The lowest BCUT2D eigenvalue weighted by Gasteiger charge is -2.13. The molecule has 0 aliphatic heterocycles. The number of hydrogen-bond acceptors (Lipinski definition) is 7. The van der Waals surface area contributed by atoms with E-state index in [2.05, 4.69) is 64.6 Å². The van der Waals surface area contributed by atoms with E-state index in [9.17, 15) is 0 Å². The second kappa shape index (κ2) is 14.6. The van der Waals surface area contributed by atoms with Gasteiger partial charge in [-0.15, -0.1) is 0 Å². The molecule has 0 fully saturated rings. The molecule has 0 aliphatic carbocycles. The molecule has 0 saturated heterocycles. The van der Waals surface area contributed by atoms with Gasteiger partial charge in [-0.2, -0.15) is 0 Å². The van der Waals surface area contributed by atoms with Crippen LogP contribution in [-0.4, -0.2) is 34.9 Å². The second-order valence-electron chi connectivity index (χ2n) is 12.7. The molecule has 7 heteroatoms. The molecule has 9 rings (SSSR count). The summed E-state index contributed by atoms with van der Waals surface area (Å²) < 4.78 is 0. The molecule has 0 atom stereocenters. The highest BCUT2D eigenvalue weighted by atomic mass is 15.0. The number of aromatic nitrogens is 7. The van der Waals surface area contributed by atoms with Gasteiger partial charge in [-0.05, 0) is 89.0 Å². The van der Waals surface area contributed by atoms with E-state index in [1.807, 2.05) is 121 Å². The van der Waals surface area contributed by atoms with Crippen LogP contribution < -0.4 is 0 Å². The Hall–Kier alpha value is -7.51. The van der Waals surface area contributed by atoms with Crippen molar-refractivity contribution in [3.63, 3.8) is 0 Å². The summed E-state index contributed by atoms with van der Waals surface area (Å²) in [6, 6.07) is 56.9. The average Bonchev–Trinajstić information content (AvgIpc) is 3.27. The van der Waals surface area contributed by atoms with Gasteiger partial charge in [0, 0.05) is 40.8 Å². The average molecular weight is 694 g/mol. The van der Waals surface area contributed by atoms with Crippen LogP contribution in [0.5, 0.6) is 0 Å². The van der Waals surface area contributed by atoms with Gasteiger partial charge in [0.2, 0.25) is 0 Å². The lowest BCUT2D eigenvalue weighted by Crippen LogP contribution is -2.00. The van der Waals surface area contributed by atoms with Crippen molar-refractivity contribution in [3.8, 4) is 90.5 Å². The normalized spacial score (nSPS) is 11.0. The van der Waals surface area contributed by atoms with Crippen molar-refractivity contribution in [2.24, 2.45) is 0 Å². The largest absolute Gasteiger partial charge is 0.256 e. The lowest BCUT2D eigenvalue weighted by atomic mass is 9.95. The summed E-state index contributed by atoms with van der Waals surface area (Å²) in [6.07, 6.45) is 5.38. The molecule has 4 aromatic carbocycles. The molecule has 54 heavy (non-hydrogen) atoms. The Balaban J connectivity index is 1.16. The van der Waals surface area contributed by atoms with Crippen molar-refractivity contribution >= 4 is 0 Å². The first-order valence-electron chi connectivity index (χ1n) is 17.6. The fourth-order valence-corrected chi connectivity index (χ4v) is 6.39. The topological polar surface area (TPSA) is 90.2 Å². The third kappa shape index (κ3) is 6.89. The van der Waals surface area contributed by atoms with Crippen LogP contribution in [0.1, 0.15) is 0 Å². The minimum absolute atomic E-state index is 0.583. The van der Waals surface area contributed by atoms with Gasteiger partial charge in [0.1, 0.15) is 0 Å². The molecule has 5 heterocycles. The summed E-state index contributed by atoms with van der Waals surface area (Å²) in [5, 5.41) is 0. The SMILES string of the molecule is c1ccc(-c2nc(-c3ccccc3)nc(-c3cc(-c4ccc(-c5cc(-c6ccccn6)nc(-c6ccccn6)c5)cc4)cc(-c4ccccn4)c3)n2)cc1. The maximum Gasteiger partial charge on any atom is 0.164 e. The highest BCUT2D eigenvalue weighted by molar-refractivity contribution is 5.81. The lowest BCUT2D eigenvalue weighted by molar-refractivity contribution is 1.07. The number of rotatable bonds is 8. The summed E-state index contributed by atoms with van der Waals surface area (Å²) >= 11 is 0. The maximum atomic E-state index is 5.03. The van der Waals surface area contributed by atoms with E-state index in [-0.39, 0.29) is 0 Å². The second-order valence-corrected chi connectivity index (χ2v) is 12.7. The van der Waals surface area contributed by atoms with Crippen LogP contribution in [0.2, 0.25) is 0 Å². The van der Waals surface area contributed by atoms with E-state index in [1.54, 1.807) is 12.4 Å². The molecule has 5 aromatic heterocycles. The highest BCUT2D eigenvalue weighted by Gasteiger charge is 2.16. The summed E-state index contributed by atoms with van der Waals surface area (Å²) in [5.41, 5.74) is 11.8. The van der Waals surface area contributed by atoms with Crippen LogP contribution in [0.4, 0.5) is 0 Å². The van der Waals surface area contributed by atoms with E-state index < -0.39 is 0 Å². The zero-order valence-electron chi connectivity index (χ0n) is 29.0. The smallest absolute Gasteiger partial charge is 0.164 e. The molecule has 7 nitrogen and oxygen atoms in total. The first kappa shape index (κ1) is 32.4. The van der Waals surface area contributed by atoms with Crippen molar-refractivity contribution in [3.05, 3.63) is 188 Å². The molecule has 0 spiro atoms. The van der Waals surface area contributed by atoms with Crippen molar-refractivity contribution in [2.45, 2.75) is 0 Å². The third-order valence-corrected chi connectivity index (χ3v) is 9.08. The first-order valence-corrected chi connectivity index (χ1v) is 17.6. The van der Waals surface area contributed by atoms with Gasteiger partial charge in [-0.1, -0.05) is 103 Å². The van der Waals surface area contributed by atoms with Crippen molar-refractivity contribution < 1.29 is 0 Å². The van der Waals surface area contributed by atoms with Gasteiger partial charge in [-0.25, -0.2) is 19.9 Å². The molecule has 254 valence electrons. The van der Waals surface area contributed by atoms with E-state index >= 15 is 0 Å². The monoisotopic (exact) mass is 693 g/mol. The molecular weight excluding hydrogens is 663 g/mol. The Kier molecular flexibility index (Phi) is 8.77. The number of nitrogens with zero attached hydrogens (tertiary/aromatic N) is 7. The van der Waals surface area contributed by atoms with Crippen molar-refractivity contribution in [2.75, 3.05) is 0 Å². The summed E-state index contributed by atoms with van der Waals surface area (Å²) in [4.78, 5) is 33.8. The number of benzene rings is 4. The van der Waals surface area contributed by atoms with Gasteiger partial charge in [-0.3, -0.25) is 15.0 Å². The van der Waals surface area contributed by atoms with Crippen molar-refractivity contribution in [1.29, 1.82) is 0 Å². The van der Waals surface area contributed by atoms with Crippen LogP contribution in [0, 0.1) is 0 Å². The Bertz CT molecular complexity index is 2560. The fourth-order valence-electron chi connectivity index (χ4n) is 6.39. The van der Waals surface area contributed by atoms with Gasteiger partial charge in [0.15, 0.2) is 17.5 Å². The third-order valence-electron chi connectivity index (χ3n) is 9.08. The standard InChI is InChI=1S/C47H31N7/c1-3-13-34(14-4-1)45-52-46(35-15-5-2-6-16-35)54-47(53-45)39-28-36(27-38(29-39)40-17-7-10-24-48-40)32-20-22-33(23-21-32)37-30-43(41-18-8-11-25-49-41)51-44(31-37)42-19-9-12-26-50-42/h1-31H. The molecule has 0 aliphatic rings. The molecule has 0 saturated carbocycles. The molecule has 0 bridgehead atoms. The predicted octanol–water partition coefficient (Wildman–Crippen LogP) is 10.8. The summed E-state index contributed by atoms with van der Waals surface area (Å²) in [7, 11) is 0. The Labute approximate surface area is 312 Å². The zero-order valence-corrected chi connectivity index (χ0v) is 29.0. The van der Waals surface area contributed by atoms with Crippen LogP contribution in [0.25, 0.3) is 90.5 Å². The van der Waals surface area contributed by atoms with E-state index in [4.69, 9.17) is 24.9 Å². The molecule has 0 N–H and O–H groups in total. The van der Waals surface area contributed by atoms with Crippen LogP contribution in [-0.2, 0) is 0 Å². The quantitative estimate of drug-likeness (QED) is 0.156. The van der Waals surface area contributed by atoms with Gasteiger partial charge < -0.3 is 0 Å². The molecule has 0 radical (unpaired) electrons. The van der Waals surface area contributed by atoms with Gasteiger partial charge >= 0.3 is 0 Å². The summed E-state index contributed by atoms with van der Waals surface area (Å²) in [6.45, 7) is 0. The predicted molar refractivity (Wildman–Crippen MR) is 214 cm³/mol. The first-order chi connectivity index (χ1) is 26.7.